The summed E-state index contributed by atoms with van der Waals surface area (Å²) in [5.41, 5.74) is 1.52. The Morgan fingerprint density at radius 2 is 2.09 bits per heavy atom. The molecule has 3 nitrogen and oxygen atoms in total. The highest BCUT2D eigenvalue weighted by molar-refractivity contribution is 9.10. The lowest BCUT2D eigenvalue weighted by Gasteiger charge is -2.43. The first kappa shape index (κ1) is 16.0. The Labute approximate surface area is 141 Å². The highest BCUT2D eigenvalue weighted by Crippen LogP contribution is 2.43. The Morgan fingerprint density at radius 1 is 1.36 bits per heavy atom. The third kappa shape index (κ3) is 3.38. The summed E-state index contributed by atoms with van der Waals surface area (Å²) in [7, 11) is 0. The summed E-state index contributed by atoms with van der Waals surface area (Å²) in [6.45, 7) is 3.90. The SMILES string of the molecule is C[C@H]1C[C@@H](C(=O)NCC2(c3ccc(Br)cc3)CCC2)CCN1. The van der Waals surface area contributed by atoms with E-state index in [0.29, 0.717) is 6.04 Å². The fourth-order valence-electron chi connectivity index (χ4n) is 3.75. The van der Waals surface area contributed by atoms with Crippen LogP contribution in [0.2, 0.25) is 0 Å². The second kappa shape index (κ2) is 6.71. The third-order valence-electron chi connectivity index (χ3n) is 5.36. The average Bonchev–Trinajstić information content (AvgIpc) is 2.47. The molecule has 2 N–H and O–H groups in total. The van der Waals surface area contributed by atoms with Crippen molar-refractivity contribution in [1.29, 1.82) is 0 Å². The Morgan fingerprint density at radius 3 is 2.68 bits per heavy atom. The molecule has 1 saturated heterocycles. The maximum absolute atomic E-state index is 12.5. The van der Waals surface area contributed by atoms with Gasteiger partial charge in [-0.3, -0.25) is 4.79 Å². The van der Waals surface area contributed by atoms with E-state index in [1.165, 1.54) is 24.8 Å². The molecule has 0 unspecified atom stereocenters. The molecule has 1 aliphatic carbocycles. The van der Waals surface area contributed by atoms with Crippen LogP contribution in [0.4, 0.5) is 0 Å². The van der Waals surface area contributed by atoms with Crippen LogP contribution in [0.1, 0.15) is 44.6 Å². The summed E-state index contributed by atoms with van der Waals surface area (Å²) in [6.07, 6.45) is 5.53. The van der Waals surface area contributed by atoms with Crippen molar-refractivity contribution in [2.75, 3.05) is 13.1 Å². The van der Waals surface area contributed by atoms with Crippen LogP contribution in [0.5, 0.6) is 0 Å². The number of carbonyl (C=O) groups excluding carboxylic acids is 1. The van der Waals surface area contributed by atoms with Gasteiger partial charge in [-0.1, -0.05) is 34.5 Å². The Bertz CT molecular complexity index is 524. The minimum Gasteiger partial charge on any atom is -0.355 e. The van der Waals surface area contributed by atoms with Gasteiger partial charge in [-0.05, 0) is 56.8 Å². The van der Waals surface area contributed by atoms with E-state index in [4.69, 9.17) is 0 Å². The summed E-state index contributed by atoms with van der Waals surface area (Å²) in [4.78, 5) is 12.5. The van der Waals surface area contributed by atoms with Gasteiger partial charge >= 0.3 is 0 Å². The van der Waals surface area contributed by atoms with Gasteiger partial charge in [0.05, 0.1) is 0 Å². The Balaban J connectivity index is 1.61. The maximum Gasteiger partial charge on any atom is 0.223 e. The second-order valence-electron chi connectivity index (χ2n) is 6.94. The summed E-state index contributed by atoms with van der Waals surface area (Å²) in [6, 6.07) is 9.05. The fraction of sp³-hybridized carbons (Fsp3) is 0.611. The molecule has 0 spiro atoms. The van der Waals surface area contributed by atoms with Gasteiger partial charge in [0.1, 0.15) is 0 Å². The number of piperidine rings is 1. The highest BCUT2D eigenvalue weighted by atomic mass is 79.9. The Kier molecular flexibility index (Phi) is 4.88. The van der Waals surface area contributed by atoms with Crippen molar-refractivity contribution in [3.8, 4) is 0 Å². The van der Waals surface area contributed by atoms with Crippen molar-refractivity contribution in [1.82, 2.24) is 10.6 Å². The van der Waals surface area contributed by atoms with E-state index in [0.717, 1.165) is 30.4 Å². The molecule has 22 heavy (non-hydrogen) atoms. The van der Waals surface area contributed by atoms with Gasteiger partial charge in [0.15, 0.2) is 0 Å². The Hall–Kier alpha value is -0.870. The smallest absolute Gasteiger partial charge is 0.223 e. The molecule has 2 atom stereocenters. The van der Waals surface area contributed by atoms with E-state index in [1.807, 2.05) is 0 Å². The van der Waals surface area contributed by atoms with Gasteiger partial charge in [0, 0.05) is 28.4 Å². The molecule has 3 rings (SSSR count). The van der Waals surface area contributed by atoms with Crippen LogP contribution < -0.4 is 10.6 Å². The second-order valence-corrected chi connectivity index (χ2v) is 7.85. The highest BCUT2D eigenvalue weighted by Gasteiger charge is 2.39. The molecular weight excluding hydrogens is 340 g/mol. The lowest BCUT2D eigenvalue weighted by molar-refractivity contribution is -0.126. The van der Waals surface area contributed by atoms with Crippen LogP contribution >= 0.6 is 15.9 Å². The first-order chi connectivity index (χ1) is 10.6. The van der Waals surface area contributed by atoms with Crippen LogP contribution in [0, 0.1) is 5.92 Å². The monoisotopic (exact) mass is 364 g/mol. The number of hydrogen-bond acceptors (Lipinski definition) is 2. The molecule has 1 aromatic rings. The molecule has 2 aliphatic rings. The van der Waals surface area contributed by atoms with Gasteiger partial charge in [-0.25, -0.2) is 0 Å². The van der Waals surface area contributed by atoms with Gasteiger partial charge in [0.25, 0.3) is 0 Å². The number of benzene rings is 1. The van der Waals surface area contributed by atoms with Crippen molar-refractivity contribution in [2.45, 2.75) is 50.5 Å². The molecule has 1 aromatic carbocycles. The lowest BCUT2D eigenvalue weighted by Crippen LogP contribution is -2.49. The van der Waals surface area contributed by atoms with E-state index >= 15 is 0 Å². The molecule has 0 bridgehead atoms. The van der Waals surface area contributed by atoms with Crippen LogP contribution in [0.3, 0.4) is 0 Å². The van der Waals surface area contributed by atoms with Crippen LogP contribution in [0.15, 0.2) is 28.7 Å². The van der Waals surface area contributed by atoms with E-state index in [9.17, 15) is 4.79 Å². The van der Waals surface area contributed by atoms with E-state index in [1.54, 1.807) is 0 Å². The molecule has 4 heteroatoms. The molecule has 1 aliphatic heterocycles. The fourth-order valence-corrected chi connectivity index (χ4v) is 4.01. The van der Waals surface area contributed by atoms with Crippen LogP contribution in [-0.4, -0.2) is 25.0 Å². The van der Waals surface area contributed by atoms with Crippen molar-refractivity contribution in [3.63, 3.8) is 0 Å². The topological polar surface area (TPSA) is 41.1 Å². The molecule has 0 radical (unpaired) electrons. The number of carbonyl (C=O) groups is 1. The number of hydrogen-bond donors (Lipinski definition) is 2. The zero-order valence-electron chi connectivity index (χ0n) is 13.2. The zero-order chi connectivity index (χ0) is 15.6. The zero-order valence-corrected chi connectivity index (χ0v) is 14.8. The molecular formula is C18H25BrN2O. The van der Waals surface area contributed by atoms with Gasteiger partial charge in [-0.15, -0.1) is 0 Å². The molecule has 0 aromatic heterocycles. The van der Waals surface area contributed by atoms with Gasteiger partial charge in [-0.2, -0.15) is 0 Å². The standard InChI is InChI=1S/C18H25BrN2O/c1-13-11-14(7-10-20-13)17(22)21-12-18(8-2-9-18)15-3-5-16(19)6-4-15/h3-6,13-14,20H,2,7-12H2,1H3,(H,21,22)/t13-,14-/m0/s1. The van der Waals surface area contributed by atoms with E-state index in [-0.39, 0.29) is 17.2 Å². The minimum absolute atomic E-state index is 0.162. The normalized spacial score (nSPS) is 27.0. The van der Waals surface area contributed by atoms with E-state index in [2.05, 4.69) is 57.8 Å². The summed E-state index contributed by atoms with van der Waals surface area (Å²) < 4.78 is 1.11. The first-order valence-corrected chi connectivity index (χ1v) is 9.15. The van der Waals surface area contributed by atoms with Crippen molar-refractivity contribution in [3.05, 3.63) is 34.3 Å². The molecule has 1 heterocycles. The van der Waals surface area contributed by atoms with E-state index < -0.39 is 0 Å². The molecule has 1 amide bonds. The summed E-state index contributed by atoms with van der Waals surface area (Å²) in [5.74, 6) is 0.426. The predicted molar refractivity (Wildman–Crippen MR) is 92.9 cm³/mol. The quantitative estimate of drug-likeness (QED) is 0.859. The summed E-state index contributed by atoms with van der Waals surface area (Å²) >= 11 is 3.50. The maximum atomic E-state index is 12.5. The van der Waals surface area contributed by atoms with Gasteiger partial charge < -0.3 is 10.6 Å². The average molecular weight is 365 g/mol. The molecule has 1 saturated carbocycles. The molecule has 2 fully saturated rings. The van der Waals surface area contributed by atoms with Gasteiger partial charge in [0.2, 0.25) is 5.91 Å². The van der Waals surface area contributed by atoms with Crippen molar-refractivity contribution < 1.29 is 4.79 Å². The van der Waals surface area contributed by atoms with Crippen LogP contribution in [-0.2, 0) is 10.2 Å². The number of halogens is 1. The molecule has 120 valence electrons. The summed E-state index contributed by atoms with van der Waals surface area (Å²) in [5, 5.41) is 6.66. The van der Waals surface area contributed by atoms with Crippen molar-refractivity contribution in [2.24, 2.45) is 5.92 Å². The predicted octanol–water partition coefficient (Wildman–Crippen LogP) is 3.38. The number of amides is 1. The van der Waals surface area contributed by atoms with Crippen molar-refractivity contribution >= 4 is 21.8 Å². The third-order valence-corrected chi connectivity index (χ3v) is 5.89. The first-order valence-electron chi connectivity index (χ1n) is 8.36. The minimum atomic E-state index is 0.162. The lowest BCUT2D eigenvalue weighted by atomic mass is 9.64. The number of rotatable bonds is 4. The van der Waals surface area contributed by atoms with Crippen LogP contribution in [0.25, 0.3) is 0 Å². The number of nitrogens with one attached hydrogen (secondary N) is 2. The largest absolute Gasteiger partial charge is 0.355 e.